The monoisotopic (exact) mass is 454 g/mol. The predicted octanol–water partition coefficient (Wildman–Crippen LogP) is 5.21. The molecule has 7 nitrogen and oxygen atoms in total. The summed E-state index contributed by atoms with van der Waals surface area (Å²) in [7, 11) is 1.76. The summed E-state index contributed by atoms with van der Waals surface area (Å²) in [6.45, 7) is 5.45. The Hall–Kier alpha value is -3.32. The molecule has 3 aromatic rings. The van der Waals surface area contributed by atoms with Crippen molar-refractivity contribution < 1.29 is 14.3 Å². The second-order valence-electron chi connectivity index (χ2n) is 7.98. The number of carbonyl (C=O) groups excluding carboxylic acids is 2. The van der Waals surface area contributed by atoms with Gasteiger partial charge in [0, 0.05) is 37.0 Å². The van der Waals surface area contributed by atoms with Gasteiger partial charge in [-0.15, -0.1) is 0 Å². The molecule has 0 atom stereocenters. The second-order valence-corrected chi connectivity index (χ2v) is 8.41. The third-order valence-corrected chi connectivity index (χ3v) is 4.98. The van der Waals surface area contributed by atoms with Crippen molar-refractivity contribution in [2.75, 3.05) is 12.4 Å². The van der Waals surface area contributed by atoms with Gasteiger partial charge in [-0.3, -0.25) is 14.8 Å². The number of aromatic nitrogens is 2. The maximum absolute atomic E-state index is 12.8. The lowest BCUT2D eigenvalue weighted by molar-refractivity contribution is 0.0771. The number of benzene rings is 2. The fourth-order valence-electron chi connectivity index (χ4n) is 3.12. The fourth-order valence-corrected chi connectivity index (χ4v) is 3.25. The molecule has 1 heterocycles. The highest BCUT2D eigenvalue weighted by Crippen LogP contribution is 2.15. The van der Waals surface area contributed by atoms with Crippen molar-refractivity contribution >= 4 is 29.3 Å². The van der Waals surface area contributed by atoms with E-state index in [1.54, 1.807) is 65.3 Å². The minimum Gasteiger partial charge on any atom is -0.444 e. The molecule has 0 fully saturated rings. The van der Waals surface area contributed by atoms with E-state index in [-0.39, 0.29) is 12.5 Å². The van der Waals surface area contributed by atoms with Crippen molar-refractivity contribution in [3.8, 4) is 0 Å². The predicted molar refractivity (Wildman–Crippen MR) is 125 cm³/mol. The molecule has 0 aliphatic carbocycles. The van der Waals surface area contributed by atoms with Crippen LogP contribution in [0.2, 0.25) is 5.02 Å². The van der Waals surface area contributed by atoms with E-state index < -0.39 is 6.09 Å². The lowest BCUT2D eigenvalue weighted by Gasteiger charge is -2.19. The Morgan fingerprint density at radius 2 is 1.72 bits per heavy atom. The summed E-state index contributed by atoms with van der Waals surface area (Å²) in [4.78, 5) is 26.5. The van der Waals surface area contributed by atoms with E-state index >= 15 is 0 Å². The Morgan fingerprint density at radius 1 is 1.06 bits per heavy atom. The molecule has 1 N–H and O–H groups in total. The molecule has 32 heavy (non-hydrogen) atoms. The molecule has 3 rings (SSSR count). The highest BCUT2D eigenvalue weighted by atomic mass is 35.5. The molecule has 0 spiro atoms. The van der Waals surface area contributed by atoms with Crippen LogP contribution in [0.25, 0.3) is 0 Å². The number of anilines is 1. The first kappa shape index (κ1) is 23.3. The first-order chi connectivity index (χ1) is 15.3. The van der Waals surface area contributed by atoms with E-state index in [2.05, 4.69) is 24.3 Å². The molecule has 2 aromatic carbocycles. The van der Waals surface area contributed by atoms with Crippen LogP contribution in [0.1, 0.15) is 35.5 Å². The quantitative estimate of drug-likeness (QED) is 0.506. The molecule has 0 aliphatic heterocycles. The lowest BCUT2D eigenvalue weighted by atomic mass is 10.2. The number of ether oxygens (including phenoxy) is 1. The van der Waals surface area contributed by atoms with Crippen LogP contribution in [-0.2, 0) is 24.4 Å². The Balaban J connectivity index is 1.51. The van der Waals surface area contributed by atoms with E-state index in [0.29, 0.717) is 35.4 Å². The summed E-state index contributed by atoms with van der Waals surface area (Å²) in [6.07, 6.45) is 1.11. The van der Waals surface area contributed by atoms with Crippen LogP contribution in [0.15, 0.2) is 60.8 Å². The standard InChI is InChI=1S/C24H27ClN4O3/c1-17(2)14-29-22(12-13-26-29)23(30)28(3)15-18-6-10-21(11-7-18)27-24(31)32-16-19-4-8-20(25)9-5-19/h4-13,17H,14-16H2,1-3H3,(H,27,31). The highest BCUT2D eigenvalue weighted by molar-refractivity contribution is 6.30. The van der Waals surface area contributed by atoms with Crippen molar-refractivity contribution in [1.29, 1.82) is 0 Å². The van der Waals surface area contributed by atoms with Gasteiger partial charge >= 0.3 is 6.09 Å². The molecule has 0 radical (unpaired) electrons. The molecule has 2 amide bonds. The van der Waals surface area contributed by atoms with Gasteiger partial charge in [-0.05, 0) is 47.4 Å². The van der Waals surface area contributed by atoms with E-state index in [0.717, 1.165) is 11.1 Å². The molecule has 0 saturated carbocycles. The third kappa shape index (κ3) is 6.59. The number of hydrogen-bond acceptors (Lipinski definition) is 4. The number of carbonyl (C=O) groups is 2. The van der Waals surface area contributed by atoms with Crippen LogP contribution in [0.3, 0.4) is 0 Å². The van der Waals surface area contributed by atoms with Crippen LogP contribution in [0, 0.1) is 5.92 Å². The van der Waals surface area contributed by atoms with Gasteiger partial charge in [-0.25, -0.2) is 4.79 Å². The van der Waals surface area contributed by atoms with Gasteiger partial charge in [0.1, 0.15) is 12.3 Å². The summed E-state index contributed by atoms with van der Waals surface area (Å²) >= 11 is 5.85. The van der Waals surface area contributed by atoms with Gasteiger partial charge in [-0.1, -0.05) is 49.7 Å². The first-order valence-electron chi connectivity index (χ1n) is 10.4. The maximum atomic E-state index is 12.8. The normalized spacial score (nSPS) is 10.8. The SMILES string of the molecule is CC(C)Cn1nccc1C(=O)N(C)Cc1ccc(NC(=O)OCc2ccc(Cl)cc2)cc1. The summed E-state index contributed by atoms with van der Waals surface area (Å²) in [6, 6.07) is 16.1. The molecule has 8 heteroatoms. The zero-order chi connectivity index (χ0) is 23.1. The average Bonchev–Trinajstić information content (AvgIpc) is 3.21. The summed E-state index contributed by atoms with van der Waals surface area (Å²) in [5.41, 5.74) is 2.97. The highest BCUT2D eigenvalue weighted by Gasteiger charge is 2.17. The van der Waals surface area contributed by atoms with Gasteiger partial charge in [-0.2, -0.15) is 5.10 Å². The second kappa shape index (κ2) is 10.8. The fraction of sp³-hybridized carbons (Fsp3) is 0.292. The molecule has 0 bridgehead atoms. The first-order valence-corrected chi connectivity index (χ1v) is 10.7. The lowest BCUT2D eigenvalue weighted by Crippen LogP contribution is -2.29. The number of nitrogens with one attached hydrogen (secondary N) is 1. The Kier molecular flexibility index (Phi) is 7.89. The zero-order valence-electron chi connectivity index (χ0n) is 18.4. The summed E-state index contributed by atoms with van der Waals surface area (Å²) in [5.74, 6) is 0.306. The van der Waals surface area contributed by atoms with Crippen molar-refractivity contribution in [2.24, 2.45) is 5.92 Å². The molecule has 168 valence electrons. The minimum absolute atomic E-state index is 0.0869. The van der Waals surface area contributed by atoms with Crippen LogP contribution < -0.4 is 5.32 Å². The molecular weight excluding hydrogens is 428 g/mol. The van der Waals surface area contributed by atoms with Gasteiger partial charge in [0.25, 0.3) is 5.91 Å². The smallest absolute Gasteiger partial charge is 0.411 e. The van der Waals surface area contributed by atoms with Gasteiger partial charge in [0.15, 0.2) is 0 Å². The molecule has 1 aromatic heterocycles. The van der Waals surface area contributed by atoms with Crippen LogP contribution >= 0.6 is 11.6 Å². The van der Waals surface area contributed by atoms with Gasteiger partial charge < -0.3 is 9.64 Å². The molecule has 0 unspecified atom stereocenters. The van der Waals surface area contributed by atoms with E-state index in [4.69, 9.17) is 16.3 Å². The van der Waals surface area contributed by atoms with Crippen LogP contribution in [0.5, 0.6) is 0 Å². The van der Waals surface area contributed by atoms with Gasteiger partial charge in [0.2, 0.25) is 0 Å². The van der Waals surface area contributed by atoms with Crippen molar-refractivity contribution in [3.63, 3.8) is 0 Å². The van der Waals surface area contributed by atoms with Crippen molar-refractivity contribution in [2.45, 2.75) is 33.5 Å². The van der Waals surface area contributed by atoms with Crippen molar-refractivity contribution in [1.82, 2.24) is 14.7 Å². The Labute approximate surface area is 192 Å². The Morgan fingerprint density at radius 3 is 2.38 bits per heavy atom. The largest absolute Gasteiger partial charge is 0.444 e. The minimum atomic E-state index is -0.543. The molecule has 0 aliphatic rings. The Bertz CT molecular complexity index is 1050. The number of hydrogen-bond donors (Lipinski definition) is 1. The topological polar surface area (TPSA) is 76.5 Å². The molecular formula is C24H27ClN4O3. The van der Waals surface area contributed by atoms with Gasteiger partial charge in [0.05, 0.1) is 0 Å². The number of nitrogens with zero attached hydrogens (tertiary/aromatic N) is 3. The maximum Gasteiger partial charge on any atom is 0.411 e. The van der Waals surface area contributed by atoms with Crippen molar-refractivity contribution in [3.05, 3.63) is 82.6 Å². The number of amides is 2. The number of halogens is 1. The van der Waals surface area contributed by atoms with Crippen LogP contribution in [0.4, 0.5) is 10.5 Å². The van der Waals surface area contributed by atoms with Crippen LogP contribution in [-0.4, -0.2) is 33.7 Å². The van der Waals surface area contributed by atoms with E-state index in [1.807, 2.05) is 12.1 Å². The van der Waals surface area contributed by atoms with E-state index in [9.17, 15) is 9.59 Å². The molecule has 0 saturated heterocycles. The number of rotatable bonds is 8. The average molecular weight is 455 g/mol. The summed E-state index contributed by atoms with van der Waals surface area (Å²) in [5, 5.41) is 7.58. The zero-order valence-corrected chi connectivity index (χ0v) is 19.2. The summed E-state index contributed by atoms with van der Waals surface area (Å²) < 4.78 is 6.97. The van der Waals surface area contributed by atoms with E-state index in [1.165, 1.54) is 0 Å². The third-order valence-electron chi connectivity index (χ3n) is 4.72.